The topological polar surface area (TPSA) is 73.9 Å². The molecule has 0 radical (unpaired) electrons. The second-order valence-corrected chi connectivity index (χ2v) is 6.56. The van der Waals surface area contributed by atoms with Gasteiger partial charge in [-0.25, -0.2) is 4.79 Å². The Morgan fingerprint density at radius 1 is 0.867 bits per heavy atom. The molecule has 0 heterocycles. The van der Waals surface area contributed by atoms with E-state index in [0.29, 0.717) is 22.7 Å². The molecule has 1 N–H and O–H groups in total. The van der Waals surface area contributed by atoms with Crippen molar-refractivity contribution in [1.82, 2.24) is 0 Å². The molecule has 0 fully saturated rings. The van der Waals surface area contributed by atoms with Crippen molar-refractivity contribution >= 4 is 17.6 Å². The predicted molar refractivity (Wildman–Crippen MR) is 114 cm³/mol. The van der Waals surface area contributed by atoms with Crippen molar-refractivity contribution in [1.29, 1.82) is 0 Å². The quantitative estimate of drug-likeness (QED) is 0.560. The van der Waals surface area contributed by atoms with Gasteiger partial charge in [0, 0.05) is 11.3 Å². The van der Waals surface area contributed by atoms with Crippen molar-refractivity contribution < 1.29 is 23.8 Å². The van der Waals surface area contributed by atoms with Gasteiger partial charge in [-0.05, 0) is 61.0 Å². The van der Waals surface area contributed by atoms with E-state index in [-0.39, 0.29) is 12.5 Å². The van der Waals surface area contributed by atoms with Gasteiger partial charge in [0.25, 0.3) is 5.91 Å². The van der Waals surface area contributed by atoms with Crippen LogP contribution in [0.25, 0.3) is 0 Å². The van der Waals surface area contributed by atoms with Gasteiger partial charge in [-0.15, -0.1) is 0 Å². The monoisotopic (exact) mass is 405 g/mol. The zero-order chi connectivity index (χ0) is 21.3. The van der Waals surface area contributed by atoms with E-state index in [1.807, 2.05) is 30.3 Å². The molecule has 0 unspecified atom stereocenters. The van der Waals surface area contributed by atoms with E-state index in [1.54, 1.807) is 62.6 Å². The van der Waals surface area contributed by atoms with E-state index < -0.39 is 12.1 Å². The summed E-state index contributed by atoms with van der Waals surface area (Å²) in [5, 5.41) is 2.81. The van der Waals surface area contributed by atoms with E-state index >= 15 is 0 Å². The Morgan fingerprint density at radius 3 is 2.13 bits per heavy atom. The molecule has 0 spiro atoms. The Kier molecular flexibility index (Phi) is 7.05. The number of amides is 1. The van der Waals surface area contributed by atoms with Gasteiger partial charge in [0.15, 0.2) is 6.10 Å². The van der Waals surface area contributed by atoms with E-state index in [1.165, 1.54) is 0 Å². The number of carbonyl (C=O) groups is 2. The minimum Gasteiger partial charge on any atom is -0.497 e. The van der Waals surface area contributed by atoms with Crippen molar-refractivity contribution in [3.8, 4) is 11.5 Å². The fraction of sp³-hybridized carbons (Fsp3) is 0.167. The highest BCUT2D eigenvalue weighted by atomic mass is 16.6. The predicted octanol–water partition coefficient (Wildman–Crippen LogP) is 4.46. The molecule has 0 aromatic heterocycles. The summed E-state index contributed by atoms with van der Waals surface area (Å²) in [6.07, 6.45) is -0.771. The van der Waals surface area contributed by atoms with E-state index in [2.05, 4.69) is 5.32 Å². The van der Waals surface area contributed by atoms with Crippen LogP contribution in [0.15, 0.2) is 78.9 Å². The van der Waals surface area contributed by atoms with Crippen LogP contribution in [0.4, 0.5) is 5.69 Å². The SMILES string of the molecule is COc1ccc(NC(=O)c2ccc(O[C@@H](C)C(=O)OCc3ccccc3)cc2)cc1. The van der Waals surface area contributed by atoms with E-state index in [0.717, 1.165) is 5.56 Å². The molecule has 0 aliphatic carbocycles. The summed E-state index contributed by atoms with van der Waals surface area (Å²) in [6, 6.07) is 23.1. The van der Waals surface area contributed by atoms with Gasteiger partial charge in [0.2, 0.25) is 0 Å². The summed E-state index contributed by atoms with van der Waals surface area (Å²) >= 11 is 0. The molecule has 6 heteroatoms. The Labute approximate surface area is 175 Å². The fourth-order valence-corrected chi connectivity index (χ4v) is 2.66. The largest absolute Gasteiger partial charge is 0.497 e. The smallest absolute Gasteiger partial charge is 0.347 e. The number of nitrogens with one attached hydrogen (secondary N) is 1. The van der Waals surface area contributed by atoms with Crippen molar-refractivity contribution in [2.24, 2.45) is 0 Å². The molecule has 30 heavy (non-hydrogen) atoms. The van der Waals surface area contributed by atoms with Crippen LogP contribution in [0.3, 0.4) is 0 Å². The Balaban J connectivity index is 1.51. The molecule has 3 aromatic rings. The van der Waals surface area contributed by atoms with Crippen LogP contribution in [0.2, 0.25) is 0 Å². The summed E-state index contributed by atoms with van der Waals surface area (Å²) in [7, 11) is 1.58. The summed E-state index contributed by atoms with van der Waals surface area (Å²) in [4.78, 5) is 24.5. The van der Waals surface area contributed by atoms with Crippen molar-refractivity contribution in [3.05, 3.63) is 90.0 Å². The molecule has 0 aliphatic heterocycles. The number of esters is 1. The molecule has 0 bridgehead atoms. The number of hydrogen-bond acceptors (Lipinski definition) is 5. The molecular weight excluding hydrogens is 382 g/mol. The maximum Gasteiger partial charge on any atom is 0.347 e. The maximum absolute atomic E-state index is 12.4. The van der Waals surface area contributed by atoms with Crippen LogP contribution in [0, 0.1) is 0 Å². The van der Waals surface area contributed by atoms with Gasteiger partial charge in [0.05, 0.1) is 7.11 Å². The van der Waals surface area contributed by atoms with Gasteiger partial charge in [-0.3, -0.25) is 4.79 Å². The number of carbonyl (C=O) groups excluding carboxylic acids is 2. The second-order valence-electron chi connectivity index (χ2n) is 6.56. The first-order valence-corrected chi connectivity index (χ1v) is 9.48. The maximum atomic E-state index is 12.4. The van der Waals surface area contributed by atoms with Crippen molar-refractivity contribution in [3.63, 3.8) is 0 Å². The first-order chi connectivity index (χ1) is 14.5. The summed E-state index contributed by atoms with van der Waals surface area (Å²) in [5.41, 5.74) is 2.04. The molecule has 3 aromatic carbocycles. The molecule has 6 nitrogen and oxygen atoms in total. The van der Waals surface area contributed by atoms with Crippen LogP contribution < -0.4 is 14.8 Å². The number of hydrogen-bond donors (Lipinski definition) is 1. The minimum absolute atomic E-state index is 0.192. The highest BCUT2D eigenvalue weighted by molar-refractivity contribution is 6.04. The zero-order valence-electron chi connectivity index (χ0n) is 16.8. The number of anilines is 1. The molecular formula is C24H23NO5. The van der Waals surface area contributed by atoms with Gasteiger partial charge in [-0.2, -0.15) is 0 Å². The first kappa shape index (κ1) is 20.9. The molecule has 0 aliphatic rings. The van der Waals surface area contributed by atoms with Gasteiger partial charge in [-0.1, -0.05) is 30.3 Å². The van der Waals surface area contributed by atoms with Crippen molar-refractivity contribution in [2.45, 2.75) is 19.6 Å². The Hall–Kier alpha value is -3.80. The fourth-order valence-electron chi connectivity index (χ4n) is 2.66. The lowest BCUT2D eigenvalue weighted by Gasteiger charge is -2.14. The third kappa shape index (κ3) is 5.85. The molecule has 3 rings (SSSR count). The van der Waals surface area contributed by atoms with Crippen LogP contribution in [-0.2, 0) is 16.1 Å². The van der Waals surface area contributed by atoms with Gasteiger partial charge < -0.3 is 19.5 Å². The summed E-state index contributed by atoms with van der Waals surface area (Å²) in [5.74, 6) is 0.480. The number of ether oxygens (including phenoxy) is 3. The lowest BCUT2D eigenvalue weighted by Crippen LogP contribution is -2.26. The molecule has 1 amide bonds. The molecule has 1 atom stereocenters. The molecule has 154 valence electrons. The van der Waals surface area contributed by atoms with E-state index in [4.69, 9.17) is 14.2 Å². The number of rotatable bonds is 8. The molecule has 0 saturated carbocycles. The van der Waals surface area contributed by atoms with Crippen LogP contribution >= 0.6 is 0 Å². The number of benzene rings is 3. The Morgan fingerprint density at radius 2 is 1.50 bits per heavy atom. The van der Waals surface area contributed by atoms with Gasteiger partial charge >= 0.3 is 5.97 Å². The van der Waals surface area contributed by atoms with Crippen LogP contribution in [0.1, 0.15) is 22.8 Å². The van der Waals surface area contributed by atoms with Gasteiger partial charge in [0.1, 0.15) is 18.1 Å². The van der Waals surface area contributed by atoms with E-state index in [9.17, 15) is 9.59 Å². The number of methoxy groups -OCH3 is 1. The molecule has 0 saturated heterocycles. The average molecular weight is 405 g/mol. The second kappa shape index (κ2) is 10.1. The summed E-state index contributed by atoms with van der Waals surface area (Å²) < 4.78 is 16.0. The lowest BCUT2D eigenvalue weighted by atomic mass is 10.2. The summed E-state index contributed by atoms with van der Waals surface area (Å²) in [6.45, 7) is 1.81. The zero-order valence-corrected chi connectivity index (χ0v) is 16.8. The highest BCUT2D eigenvalue weighted by Crippen LogP contribution is 2.18. The average Bonchev–Trinajstić information content (AvgIpc) is 2.79. The lowest BCUT2D eigenvalue weighted by molar-refractivity contribution is -0.152. The normalized spacial score (nSPS) is 11.3. The van der Waals surface area contributed by atoms with Crippen LogP contribution in [0.5, 0.6) is 11.5 Å². The standard InChI is InChI=1S/C24H23NO5/c1-17(24(27)29-16-18-6-4-3-5-7-18)30-22-12-8-19(9-13-22)23(26)25-20-10-14-21(28-2)15-11-20/h3-15,17H,16H2,1-2H3,(H,25,26)/t17-/m0/s1. The third-order valence-electron chi connectivity index (χ3n) is 4.33. The minimum atomic E-state index is -0.771. The highest BCUT2D eigenvalue weighted by Gasteiger charge is 2.17. The third-order valence-corrected chi connectivity index (χ3v) is 4.33. The van der Waals surface area contributed by atoms with Crippen LogP contribution in [-0.4, -0.2) is 25.1 Å². The van der Waals surface area contributed by atoms with Crippen molar-refractivity contribution in [2.75, 3.05) is 12.4 Å². The Bertz CT molecular complexity index is 969. The first-order valence-electron chi connectivity index (χ1n) is 9.48.